The maximum atomic E-state index is 11.8. The summed E-state index contributed by atoms with van der Waals surface area (Å²) < 4.78 is 1.95. The summed E-state index contributed by atoms with van der Waals surface area (Å²) in [6.45, 7) is 0. The van der Waals surface area contributed by atoms with Gasteiger partial charge in [0.05, 0.1) is 12.4 Å². The van der Waals surface area contributed by atoms with Crippen molar-refractivity contribution >= 4 is 17.1 Å². The molecule has 1 atom stereocenters. The molecule has 4 rings (SSSR count). The van der Waals surface area contributed by atoms with Gasteiger partial charge in [0, 0.05) is 0 Å². The van der Waals surface area contributed by atoms with Crippen LogP contribution in [0, 0.1) is 0 Å². The van der Waals surface area contributed by atoms with E-state index in [-0.39, 0.29) is 17.5 Å². The highest BCUT2D eigenvalue weighted by Gasteiger charge is 2.25. The zero-order valence-corrected chi connectivity index (χ0v) is 10.7. The fourth-order valence-electron chi connectivity index (χ4n) is 2.99. The van der Waals surface area contributed by atoms with Gasteiger partial charge in [-0.15, -0.1) is 0 Å². The average Bonchev–Trinajstić information content (AvgIpc) is 3.02. The molecule has 0 aliphatic heterocycles. The quantitative estimate of drug-likeness (QED) is 0.694. The molecule has 3 aromatic rings. The summed E-state index contributed by atoms with van der Waals surface area (Å²) in [6, 6.07) is 8.52. The van der Waals surface area contributed by atoms with Crippen molar-refractivity contribution in [1.82, 2.24) is 19.5 Å². The Balaban J connectivity index is 1.95. The Labute approximate surface area is 114 Å². The lowest BCUT2D eigenvalue weighted by Gasteiger charge is -2.13. The first-order valence-electron chi connectivity index (χ1n) is 6.54. The lowest BCUT2D eigenvalue weighted by molar-refractivity contribution is 0.591. The molecule has 2 heterocycles. The second-order valence-electron chi connectivity index (χ2n) is 5.03. The maximum absolute atomic E-state index is 11.8. The zero-order valence-electron chi connectivity index (χ0n) is 10.7. The van der Waals surface area contributed by atoms with Crippen LogP contribution in [0.25, 0.3) is 11.2 Å². The molecule has 100 valence electrons. The molecule has 3 N–H and O–H groups in total. The molecular weight excluding hydrogens is 254 g/mol. The SMILES string of the molecule is Nc1nc2c(ncn2C2CCc3ccccc32)c(=O)[nH]1. The standard InChI is InChI=1S/C14H13N5O/c15-14-17-12-11(13(20)18-14)16-7-19(12)10-6-5-8-3-1-2-4-9(8)10/h1-4,7,10H,5-6H2,(H3,15,17,18,20). The lowest BCUT2D eigenvalue weighted by atomic mass is 10.1. The van der Waals surface area contributed by atoms with E-state index in [4.69, 9.17) is 5.73 Å². The topological polar surface area (TPSA) is 89.6 Å². The molecule has 0 fully saturated rings. The van der Waals surface area contributed by atoms with Crippen LogP contribution in [0.4, 0.5) is 5.95 Å². The number of imidazole rings is 1. The number of nitrogen functional groups attached to an aromatic ring is 1. The normalized spacial score (nSPS) is 17.5. The van der Waals surface area contributed by atoms with Crippen molar-refractivity contribution in [1.29, 1.82) is 0 Å². The smallest absolute Gasteiger partial charge is 0.280 e. The van der Waals surface area contributed by atoms with Crippen molar-refractivity contribution in [2.75, 3.05) is 5.73 Å². The van der Waals surface area contributed by atoms with Gasteiger partial charge in [0.1, 0.15) is 0 Å². The molecule has 1 unspecified atom stereocenters. The van der Waals surface area contributed by atoms with Crippen LogP contribution in [0.1, 0.15) is 23.6 Å². The van der Waals surface area contributed by atoms with Crippen LogP contribution in [0.2, 0.25) is 0 Å². The first-order chi connectivity index (χ1) is 9.74. The first-order valence-corrected chi connectivity index (χ1v) is 6.54. The Kier molecular flexibility index (Phi) is 2.20. The second-order valence-corrected chi connectivity index (χ2v) is 5.03. The number of fused-ring (bicyclic) bond motifs is 2. The third-order valence-corrected chi connectivity index (χ3v) is 3.89. The van der Waals surface area contributed by atoms with Crippen LogP contribution in [0.3, 0.4) is 0 Å². The summed E-state index contributed by atoms with van der Waals surface area (Å²) in [5.41, 5.74) is 8.85. The highest BCUT2D eigenvalue weighted by molar-refractivity contribution is 5.71. The van der Waals surface area contributed by atoms with Crippen LogP contribution < -0.4 is 11.3 Å². The summed E-state index contributed by atoms with van der Waals surface area (Å²) >= 11 is 0. The number of nitrogens with zero attached hydrogens (tertiary/aromatic N) is 3. The Morgan fingerprint density at radius 1 is 1.35 bits per heavy atom. The maximum Gasteiger partial charge on any atom is 0.280 e. The van der Waals surface area contributed by atoms with E-state index in [1.807, 2.05) is 16.7 Å². The van der Waals surface area contributed by atoms with Crippen LogP contribution in [0.5, 0.6) is 0 Å². The molecule has 0 bridgehead atoms. The van der Waals surface area contributed by atoms with Gasteiger partial charge >= 0.3 is 0 Å². The van der Waals surface area contributed by atoms with Gasteiger partial charge in [-0.25, -0.2) is 4.98 Å². The molecule has 0 saturated carbocycles. The average molecular weight is 267 g/mol. The van der Waals surface area contributed by atoms with Gasteiger partial charge in [-0.2, -0.15) is 4.98 Å². The van der Waals surface area contributed by atoms with Crippen LogP contribution in [0.15, 0.2) is 35.4 Å². The Morgan fingerprint density at radius 3 is 3.10 bits per heavy atom. The molecule has 0 saturated heterocycles. The van der Waals surface area contributed by atoms with Crippen molar-refractivity contribution in [3.63, 3.8) is 0 Å². The molecular formula is C14H13N5O. The minimum Gasteiger partial charge on any atom is -0.369 e. The highest BCUT2D eigenvalue weighted by Crippen LogP contribution is 2.35. The fraction of sp³-hybridized carbons (Fsp3) is 0.214. The number of aromatic nitrogens is 4. The van der Waals surface area contributed by atoms with Crippen LogP contribution in [-0.2, 0) is 6.42 Å². The van der Waals surface area contributed by atoms with Crippen molar-refractivity contribution in [3.8, 4) is 0 Å². The molecule has 20 heavy (non-hydrogen) atoms. The molecule has 2 aromatic heterocycles. The minimum absolute atomic E-state index is 0.121. The van der Waals surface area contributed by atoms with Crippen molar-refractivity contribution < 1.29 is 0 Å². The molecule has 6 heteroatoms. The van der Waals surface area contributed by atoms with Gasteiger partial charge in [0.15, 0.2) is 11.2 Å². The van der Waals surface area contributed by atoms with Gasteiger partial charge in [0.2, 0.25) is 5.95 Å². The fourth-order valence-corrected chi connectivity index (χ4v) is 2.99. The van der Waals surface area contributed by atoms with E-state index in [0.717, 1.165) is 12.8 Å². The molecule has 1 aliphatic rings. The number of nitrogens with two attached hydrogens (primary N) is 1. The van der Waals surface area contributed by atoms with E-state index in [1.165, 1.54) is 11.1 Å². The molecule has 0 radical (unpaired) electrons. The Bertz CT molecular complexity index is 863. The number of hydrogen-bond acceptors (Lipinski definition) is 4. The summed E-state index contributed by atoms with van der Waals surface area (Å²) in [5, 5.41) is 0. The van der Waals surface area contributed by atoms with E-state index < -0.39 is 0 Å². The van der Waals surface area contributed by atoms with Crippen molar-refractivity contribution in [2.24, 2.45) is 0 Å². The first kappa shape index (κ1) is 11.2. The van der Waals surface area contributed by atoms with Gasteiger partial charge < -0.3 is 10.3 Å². The monoisotopic (exact) mass is 267 g/mol. The van der Waals surface area contributed by atoms with E-state index in [0.29, 0.717) is 11.2 Å². The number of rotatable bonds is 1. The number of nitrogens with one attached hydrogen (secondary N) is 1. The van der Waals surface area contributed by atoms with Crippen molar-refractivity contribution in [2.45, 2.75) is 18.9 Å². The Morgan fingerprint density at radius 2 is 2.20 bits per heavy atom. The van der Waals surface area contributed by atoms with Crippen molar-refractivity contribution in [3.05, 3.63) is 52.1 Å². The van der Waals surface area contributed by atoms with E-state index in [1.54, 1.807) is 6.33 Å². The number of aromatic amines is 1. The van der Waals surface area contributed by atoms with Gasteiger partial charge in [-0.3, -0.25) is 9.78 Å². The van der Waals surface area contributed by atoms with Crippen LogP contribution >= 0.6 is 0 Å². The van der Waals surface area contributed by atoms with E-state index >= 15 is 0 Å². The third kappa shape index (κ3) is 1.48. The molecule has 1 aromatic carbocycles. The molecule has 0 amide bonds. The van der Waals surface area contributed by atoms with E-state index in [2.05, 4.69) is 27.1 Å². The minimum atomic E-state index is -0.294. The van der Waals surface area contributed by atoms with Gasteiger partial charge in [-0.1, -0.05) is 24.3 Å². The predicted octanol–water partition coefficient (Wildman–Crippen LogP) is 1.24. The summed E-state index contributed by atoms with van der Waals surface area (Å²) in [5.74, 6) is 0.121. The van der Waals surface area contributed by atoms with Crippen LogP contribution in [-0.4, -0.2) is 19.5 Å². The summed E-state index contributed by atoms with van der Waals surface area (Å²) in [4.78, 5) is 22.7. The zero-order chi connectivity index (χ0) is 13.7. The number of hydrogen-bond donors (Lipinski definition) is 2. The number of aryl methyl sites for hydroxylation is 1. The largest absolute Gasteiger partial charge is 0.369 e. The molecule has 1 aliphatic carbocycles. The van der Waals surface area contributed by atoms with Gasteiger partial charge in [0.25, 0.3) is 5.56 Å². The molecule has 0 spiro atoms. The predicted molar refractivity (Wildman–Crippen MR) is 75.5 cm³/mol. The lowest BCUT2D eigenvalue weighted by Crippen LogP contribution is -2.13. The highest BCUT2D eigenvalue weighted by atomic mass is 16.1. The third-order valence-electron chi connectivity index (χ3n) is 3.89. The summed E-state index contributed by atoms with van der Waals surface area (Å²) in [6.07, 6.45) is 3.69. The number of H-pyrrole nitrogens is 1. The molecule has 6 nitrogen and oxygen atoms in total. The second kappa shape index (κ2) is 3.93. The number of benzene rings is 1. The summed E-state index contributed by atoms with van der Waals surface area (Å²) in [7, 11) is 0. The van der Waals surface area contributed by atoms with Gasteiger partial charge in [-0.05, 0) is 24.0 Å². The Hall–Kier alpha value is -2.63. The van der Waals surface area contributed by atoms with E-state index in [9.17, 15) is 4.79 Å². The number of anilines is 1.